The summed E-state index contributed by atoms with van der Waals surface area (Å²) in [4.78, 5) is 24.4. The van der Waals surface area contributed by atoms with Gasteiger partial charge in [0.05, 0.1) is 0 Å². The Morgan fingerprint density at radius 1 is 1.14 bits per heavy atom. The Labute approximate surface area is 127 Å². The minimum atomic E-state index is -0.737. The van der Waals surface area contributed by atoms with Crippen LogP contribution >= 0.6 is 0 Å². The fourth-order valence-corrected chi connectivity index (χ4v) is 2.63. The van der Waals surface area contributed by atoms with Crippen LogP contribution in [-0.4, -0.2) is 54.2 Å². The number of carbonyl (C=O) groups excluding carboxylic acids is 1. The van der Waals surface area contributed by atoms with Gasteiger partial charge in [-0.25, -0.2) is 4.79 Å². The first-order chi connectivity index (χ1) is 10.1. The van der Waals surface area contributed by atoms with E-state index in [2.05, 4.69) is 15.5 Å². The summed E-state index contributed by atoms with van der Waals surface area (Å²) in [5.41, 5.74) is 0. The molecule has 0 aromatic carbocycles. The van der Waals surface area contributed by atoms with Gasteiger partial charge in [0.2, 0.25) is 0 Å². The first-order valence-electron chi connectivity index (χ1n) is 8.06. The molecular formula is C15H29N3O3. The molecule has 1 aliphatic rings. The van der Waals surface area contributed by atoms with Gasteiger partial charge in [-0.1, -0.05) is 12.8 Å². The SMILES string of the molecule is CC(CN1CCCC1)NC(=O)NCCCCCCC(=O)O. The third kappa shape index (κ3) is 9.28. The molecule has 6 nitrogen and oxygen atoms in total. The van der Waals surface area contributed by atoms with Crippen molar-refractivity contribution in [3.63, 3.8) is 0 Å². The van der Waals surface area contributed by atoms with E-state index in [0.717, 1.165) is 38.9 Å². The molecule has 1 saturated heterocycles. The van der Waals surface area contributed by atoms with E-state index in [4.69, 9.17) is 5.11 Å². The third-order valence-corrected chi connectivity index (χ3v) is 3.71. The van der Waals surface area contributed by atoms with Gasteiger partial charge in [-0.2, -0.15) is 0 Å². The number of unbranched alkanes of at least 4 members (excludes halogenated alkanes) is 3. The lowest BCUT2D eigenvalue weighted by Crippen LogP contribution is -2.45. The summed E-state index contributed by atoms with van der Waals surface area (Å²) in [6, 6.07) is 0.0610. The Hall–Kier alpha value is -1.30. The molecule has 1 atom stereocenters. The molecule has 1 fully saturated rings. The van der Waals surface area contributed by atoms with Crippen LogP contribution in [0.2, 0.25) is 0 Å². The summed E-state index contributed by atoms with van der Waals surface area (Å²) in [6.45, 7) is 5.88. The van der Waals surface area contributed by atoms with E-state index < -0.39 is 5.97 Å². The fourth-order valence-electron chi connectivity index (χ4n) is 2.63. The summed E-state index contributed by atoms with van der Waals surface area (Å²) in [5.74, 6) is -0.737. The molecule has 0 spiro atoms. The van der Waals surface area contributed by atoms with Crippen molar-refractivity contribution < 1.29 is 14.7 Å². The van der Waals surface area contributed by atoms with Crippen LogP contribution in [0.3, 0.4) is 0 Å². The van der Waals surface area contributed by atoms with Gasteiger partial charge in [-0.15, -0.1) is 0 Å². The number of carbonyl (C=O) groups is 2. The van der Waals surface area contributed by atoms with E-state index in [-0.39, 0.29) is 18.5 Å². The van der Waals surface area contributed by atoms with Crippen molar-refractivity contribution >= 4 is 12.0 Å². The first kappa shape index (κ1) is 17.8. The number of amides is 2. The number of aliphatic carboxylic acids is 1. The Balaban J connectivity index is 1.94. The van der Waals surface area contributed by atoms with E-state index in [9.17, 15) is 9.59 Å². The van der Waals surface area contributed by atoms with Crippen molar-refractivity contribution in [1.29, 1.82) is 0 Å². The number of hydrogen-bond donors (Lipinski definition) is 3. The molecule has 0 aliphatic carbocycles. The molecule has 1 heterocycles. The van der Waals surface area contributed by atoms with Gasteiger partial charge in [0, 0.05) is 25.6 Å². The molecule has 0 bridgehead atoms. The van der Waals surface area contributed by atoms with E-state index in [1.807, 2.05) is 6.92 Å². The van der Waals surface area contributed by atoms with Gasteiger partial charge in [0.1, 0.15) is 0 Å². The molecule has 0 radical (unpaired) electrons. The van der Waals surface area contributed by atoms with E-state index in [1.165, 1.54) is 12.8 Å². The van der Waals surface area contributed by atoms with Crippen molar-refractivity contribution in [2.75, 3.05) is 26.2 Å². The number of rotatable bonds is 10. The average Bonchev–Trinajstić information content (AvgIpc) is 2.89. The highest BCUT2D eigenvalue weighted by molar-refractivity contribution is 5.74. The van der Waals surface area contributed by atoms with Crippen LogP contribution in [0.1, 0.15) is 51.9 Å². The standard InChI is InChI=1S/C15H29N3O3/c1-13(12-18-10-6-7-11-18)17-15(21)16-9-5-3-2-4-8-14(19)20/h13H,2-12H2,1H3,(H,19,20)(H2,16,17,21). The lowest BCUT2D eigenvalue weighted by Gasteiger charge is -2.21. The molecule has 0 aromatic rings. The third-order valence-electron chi connectivity index (χ3n) is 3.71. The quantitative estimate of drug-likeness (QED) is 0.537. The summed E-state index contributed by atoms with van der Waals surface area (Å²) < 4.78 is 0. The Morgan fingerprint density at radius 2 is 1.81 bits per heavy atom. The number of hydrogen-bond acceptors (Lipinski definition) is 3. The normalized spacial score (nSPS) is 16.6. The molecule has 1 rings (SSSR count). The van der Waals surface area contributed by atoms with Crippen molar-refractivity contribution in [2.24, 2.45) is 0 Å². The van der Waals surface area contributed by atoms with Crippen molar-refractivity contribution in [3.05, 3.63) is 0 Å². The van der Waals surface area contributed by atoms with E-state index in [0.29, 0.717) is 13.0 Å². The van der Waals surface area contributed by atoms with Crippen LogP contribution < -0.4 is 10.6 Å². The van der Waals surface area contributed by atoms with Gasteiger partial charge in [-0.3, -0.25) is 4.79 Å². The summed E-state index contributed by atoms with van der Waals surface area (Å²) in [7, 11) is 0. The maximum atomic E-state index is 11.7. The zero-order valence-corrected chi connectivity index (χ0v) is 13.1. The van der Waals surface area contributed by atoms with Crippen LogP contribution in [-0.2, 0) is 4.79 Å². The number of nitrogens with one attached hydrogen (secondary N) is 2. The zero-order valence-electron chi connectivity index (χ0n) is 13.1. The Bertz CT molecular complexity index is 317. The molecule has 0 saturated carbocycles. The second-order valence-electron chi connectivity index (χ2n) is 5.87. The van der Waals surface area contributed by atoms with Crippen molar-refractivity contribution in [3.8, 4) is 0 Å². The van der Waals surface area contributed by atoms with Gasteiger partial charge in [0.25, 0.3) is 0 Å². The highest BCUT2D eigenvalue weighted by Crippen LogP contribution is 2.07. The molecule has 1 unspecified atom stereocenters. The van der Waals surface area contributed by atoms with Gasteiger partial charge in [-0.05, 0) is 45.7 Å². The highest BCUT2D eigenvalue weighted by Gasteiger charge is 2.15. The van der Waals surface area contributed by atoms with Gasteiger partial charge in [0.15, 0.2) is 0 Å². The number of carboxylic acid groups (broad SMARTS) is 1. The lowest BCUT2D eigenvalue weighted by molar-refractivity contribution is -0.137. The molecule has 21 heavy (non-hydrogen) atoms. The summed E-state index contributed by atoms with van der Waals surface area (Å²) in [6.07, 6.45) is 6.24. The Kier molecular flexibility index (Phi) is 8.82. The molecule has 6 heteroatoms. The maximum absolute atomic E-state index is 11.7. The predicted molar refractivity (Wildman–Crippen MR) is 82.4 cm³/mol. The van der Waals surface area contributed by atoms with Crippen molar-refractivity contribution in [2.45, 2.75) is 57.9 Å². The van der Waals surface area contributed by atoms with Crippen LogP contribution in [0.15, 0.2) is 0 Å². The predicted octanol–water partition coefficient (Wildman–Crippen LogP) is 1.80. The van der Waals surface area contributed by atoms with Crippen LogP contribution in [0.25, 0.3) is 0 Å². The fraction of sp³-hybridized carbons (Fsp3) is 0.867. The maximum Gasteiger partial charge on any atom is 0.315 e. The minimum Gasteiger partial charge on any atom is -0.481 e. The minimum absolute atomic E-state index is 0.104. The van der Waals surface area contributed by atoms with Crippen molar-refractivity contribution in [1.82, 2.24) is 15.5 Å². The number of likely N-dealkylation sites (tertiary alicyclic amines) is 1. The number of urea groups is 1. The molecule has 2 amide bonds. The van der Waals surface area contributed by atoms with E-state index >= 15 is 0 Å². The monoisotopic (exact) mass is 299 g/mol. The van der Waals surface area contributed by atoms with Crippen LogP contribution in [0.4, 0.5) is 4.79 Å². The Morgan fingerprint density at radius 3 is 2.48 bits per heavy atom. The van der Waals surface area contributed by atoms with E-state index in [1.54, 1.807) is 0 Å². The topological polar surface area (TPSA) is 81.7 Å². The van der Waals surface area contributed by atoms with Crippen LogP contribution in [0.5, 0.6) is 0 Å². The zero-order chi connectivity index (χ0) is 15.5. The van der Waals surface area contributed by atoms with Crippen LogP contribution in [0, 0.1) is 0 Å². The molecule has 1 aliphatic heterocycles. The average molecular weight is 299 g/mol. The largest absolute Gasteiger partial charge is 0.481 e. The summed E-state index contributed by atoms with van der Waals surface area (Å²) >= 11 is 0. The molecule has 3 N–H and O–H groups in total. The highest BCUT2D eigenvalue weighted by atomic mass is 16.4. The number of nitrogens with zero attached hydrogens (tertiary/aromatic N) is 1. The second kappa shape index (κ2) is 10.4. The van der Waals surface area contributed by atoms with Gasteiger partial charge >= 0.3 is 12.0 Å². The second-order valence-corrected chi connectivity index (χ2v) is 5.87. The molecule has 122 valence electrons. The smallest absolute Gasteiger partial charge is 0.315 e. The molecular weight excluding hydrogens is 270 g/mol. The van der Waals surface area contributed by atoms with Gasteiger partial charge < -0.3 is 20.6 Å². The molecule has 0 aromatic heterocycles. The lowest BCUT2D eigenvalue weighted by atomic mass is 10.1. The first-order valence-corrected chi connectivity index (χ1v) is 8.06. The number of carboxylic acids is 1. The summed E-state index contributed by atoms with van der Waals surface area (Å²) in [5, 5.41) is 14.3.